The third-order valence-corrected chi connectivity index (χ3v) is 3.61. The monoisotopic (exact) mass is 218 g/mol. The molecule has 3 N–H and O–H groups in total. The average molecular weight is 218 g/mol. The minimum absolute atomic E-state index is 0.403. The Bertz CT molecular complexity index is 367. The maximum Gasteiger partial charge on any atom is 0.119 e. The first-order valence-corrected chi connectivity index (χ1v) is 6.10. The van der Waals surface area contributed by atoms with Crippen molar-refractivity contribution in [2.45, 2.75) is 44.6 Å². The van der Waals surface area contributed by atoms with Crippen LogP contribution in [0, 0.1) is 6.92 Å². The minimum atomic E-state index is 0.403. The van der Waals surface area contributed by atoms with E-state index in [9.17, 15) is 5.11 Å². The van der Waals surface area contributed by atoms with Gasteiger partial charge in [0.2, 0.25) is 0 Å². The molecule has 0 aliphatic heterocycles. The summed E-state index contributed by atoms with van der Waals surface area (Å²) in [7, 11) is 0. The van der Waals surface area contributed by atoms with Crippen LogP contribution in [0.3, 0.4) is 0 Å². The van der Waals surface area contributed by atoms with Gasteiger partial charge < -0.3 is 10.8 Å². The summed E-state index contributed by atoms with van der Waals surface area (Å²) < 4.78 is 0. The molecule has 2 nitrogen and oxygen atoms in total. The van der Waals surface area contributed by atoms with Crippen LogP contribution in [0.25, 0.3) is 0 Å². The van der Waals surface area contributed by atoms with Crippen molar-refractivity contribution in [3.63, 3.8) is 0 Å². The van der Waals surface area contributed by atoms with Crippen molar-refractivity contribution < 1.29 is 5.11 Å². The van der Waals surface area contributed by atoms with Gasteiger partial charge in [0, 0.05) is 6.54 Å². The maximum absolute atomic E-state index is 10.0. The Morgan fingerprint density at radius 2 is 1.94 bits per heavy atom. The number of phenolic OH excluding ortho intramolecular Hbond substituents is 1. The number of aromatic hydroxyl groups is 1. The molecular formula is C14H20NO. The van der Waals surface area contributed by atoms with Crippen LogP contribution in [0.15, 0.2) is 12.1 Å². The van der Waals surface area contributed by atoms with Crippen molar-refractivity contribution in [3.8, 4) is 5.75 Å². The fourth-order valence-corrected chi connectivity index (χ4v) is 2.63. The molecule has 1 fully saturated rings. The predicted molar refractivity (Wildman–Crippen MR) is 66.3 cm³/mol. The number of benzene rings is 1. The predicted octanol–water partition coefficient (Wildman–Crippen LogP) is 3.08. The Balaban J connectivity index is 2.29. The van der Waals surface area contributed by atoms with Gasteiger partial charge in [0.25, 0.3) is 0 Å². The lowest BCUT2D eigenvalue weighted by molar-refractivity contribution is 0.414. The molecule has 1 saturated carbocycles. The van der Waals surface area contributed by atoms with Crippen LogP contribution in [0.4, 0.5) is 0 Å². The highest BCUT2D eigenvalue weighted by molar-refractivity contribution is 5.45. The van der Waals surface area contributed by atoms with E-state index in [4.69, 9.17) is 5.73 Å². The second-order valence-corrected chi connectivity index (χ2v) is 4.72. The lowest BCUT2D eigenvalue weighted by Gasteiger charge is -2.23. The maximum atomic E-state index is 10.0. The third-order valence-electron chi connectivity index (χ3n) is 3.61. The molecule has 1 aliphatic rings. The zero-order valence-electron chi connectivity index (χ0n) is 9.71. The molecule has 1 aromatic rings. The van der Waals surface area contributed by atoms with Crippen LogP contribution in [0.5, 0.6) is 5.75 Å². The first-order chi connectivity index (χ1) is 7.72. The van der Waals surface area contributed by atoms with Crippen molar-refractivity contribution in [2.24, 2.45) is 5.73 Å². The standard InChI is InChI=1S/C14H20NO/c1-10-7-13(11-5-3-2-4-6-11)14(16)8-12(10)9-15/h7-8,11,16H,1-6,9,15H2. The molecule has 0 aromatic heterocycles. The molecular weight excluding hydrogens is 198 g/mol. The molecule has 0 spiro atoms. The van der Waals surface area contributed by atoms with Crippen molar-refractivity contribution in [3.05, 3.63) is 35.7 Å². The highest BCUT2D eigenvalue weighted by Gasteiger charge is 2.19. The van der Waals surface area contributed by atoms with E-state index in [1.165, 1.54) is 32.1 Å². The first-order valence-electron chi connectivity index (χ1n) is 6.10. The quantitative estimate of drug-likeness (QED) is 0.801. The van der Waals surface area contributed by atoms with Crippen molar-refractivity contribution in [1.82, 2.24) is 0 Å². The highest BCUT2D eigenvalue weighted by Crippen LogP contribution is 2.38. The highest BCUT2D eigenvalue weighted by atomic mass is 16.3. The van der Waals surface area contributed by atoms with Gasteiger partial charge >= 0.3 is 0 Å². The van der Waals surface area contributed by atoms with E-state index >= 15 is 0 Å². The largest absolute Gasteiger partial charge is 0.508 e. The Kier molecular flexibility index (Phi) is 3.49. The number of hydrogen-bond acceptors (Lipinski definition) is 2. The SMILES string of the molecule is [CH2]c1cc(C2CCCCC2)c(O)cc1CN. The van der Waals surface area contributed by atoms with Gasteiger partial charge in [-0.25, -0.2) is 0 Å². The fraction of sp³-hybridized carbons (Fsp3) is 0.500. The van der Waals surface area contributed by atoms with Crippen LogP contribution in [-0.4, -0.2) is 5.11 Å². The third kappa shape index (κ3) is 2.22. The summed E-state index contributed by atoms with van der Waals surface area (Å²) in [6, 6.07) is 3.81. The molecule has 0 heterocycles. The Labute approximate surface area is 97.5 Å². The van der Waals surface area contributed by atoms with Crippen LogP contribution >= 0.6 is 0 Å². The lowest BCUT2D eigenvalue weighted by atomic mass is 9.82. The van der Waals surface area contributed by atoms with Crippen LogP contribution in [0.2, 0.25) is 0 Å². The van der Waals surface area contributed by atoms with E-state index in [1.807, 2.05) is 6.07 Å². The molecule has 16 heavy (non-hydrogen) atoms. The topological polar surface area (TPSA) is 46.2 Å². The van der Waals surface area contributed by atoms with E-state index in [-0.39, 0.29) is 0 Å². The van der Waals surface area contributed by atoms with E-state index in [0.29, 0.717) is 18.2 Å². The van der Waals surface area contributed by atoms with Crippen molar-refractivity contribution >= 4 is 0 Å². The lowest BCUT2D eigenvalue weighted by Crippen LogP contribution is -2.07. The van der Waals surface area contributed by atoms with Gasteiger partial charge in [-0.2, -0.15) is 0 Å². The number of nitrogens with two attached hydrogens (primary N) is 1. The van der Waals surface area contributed by atoms with Gasteiger partial charge in [-0.1, -0.05) is 25.3 Å². The van der Waals surface area contributed by atoms with E-state index in [2.05, 4.69) is 6.92 Å². The van der Waals surface area contributed by atoms with E-state index < -0.39 is 0 Å². The Hall–Kier alpha value is -1.02. The minimum Gasteiger partial charge on any atom is -0.508 e. The molecule has 2 rings (SSSR count). The van der Waals surface area contributed by atoms with Gasteiger partial charge in [-0.05, 0) is 48.4 Å². The van der Waals surface area contributed by atoms with Crippen LogP contribution < -0.4 is 5.73 Å². The summed E-state index contributed by atoms with van der Waals surface area (Å²) in [5.41, 5.74) is 8.57. The smallest absolute Gasteiger partial charge is 0.119 e. The molecule has 0 amide bonds. The molecule has 87 valence electrons. The van der Waals surface area contributed by atoms with Gasteiger partial charge in [-0.15, -0.1) is 0 Å². The summed E-state index contributed by atoms with van der Waals surface area (Å²) in [5.74, 6) is 0.917. The Morgan fingerprint density at radius 1 is 1.25 bits per heavy atom. The van der Waals surface area contributed by atoms with Crippen LogP contribution in [0.1, 0.15) is 54.7 Å². The molecule has 2 heteroatoms. The zero-order chi connectivity index (χ0) is 11.5. The molecule has 0 saturated heterocycles. The van der Waals surface area contributed by atoms with Gasteiger partial charge in [0.05, 0.1) is 0 Å². The average Bonchev–Trinajstić information content (AvgIpc) is 2.32. The molecule has 1 aliphatic carbocycles. The van der Waals surface area contributed by atoms with E-state index in [1.54, 1.807) is 6.07 Å². The molecule has 1 radical (unpaired) electrons. The second-order valence-electron chi connectivity index (χ2n) is 4.72. The summed E-state index contributed by atoms with van der Waals surface area (Å²) in [4.78, 5) is 0. The van der Waals surface area contributed by atoms with Crippen LogP contribution in [-0.2, 0) is 6.54 Å². The zero-order valence-corrected chi connectivity index (χ0v) is 9.71. The first kappa shape index (κ1) is 11.5. The van der Waals surface area contributed by atoms with Gasteiger partial charge in [0.1, 0.15) is 5.75 Å². The molecule has 0 bridgehead atoms. The number of phenols is 1. The summed E-state index contributed by atoms with van der Waals surface area (Å²) in [6.07, 6.45) is 6.25. The van der Waals surface area contributed by atoms with Gasteiger partial charge in [0.15, 0.2) is 0 Å². The molecule has 0 unspecified atom stereocenters. The molecule has 0 atom stereocenters. The number of rotatable bonds is 2. The van der Waals surface area contributed by atoms with Crippen molar-refractivity contribution in [2.75, 3.05) is 0 Å². The summed E-state index contributed by atoms with van der Waals surface area (Å²) >= 11 is 0. The Morgan fingerprint density at radius 3 is 2.56 bits per heavy atom. The van der Waals surface area contributed by atoms with E-state index in [0.717, 1.165) is 16.7 Å². The van der Waals surface area contributed by atoms with Crippen molar-refractivity contribution in [1.29, 1.82) is 0 Å². The normalized spacial score (nSPS) is 17.6. The summed E-state index contributed by atoms with van der Waals surface area (Å²) in [6.45, 7) is 4.44. The fourth-order valence-electron chi connectivity index (χ4n) is 2.63. The summed E-state index contributed by atoms with van der Waals surface area (Å²) in [5, 5.41) is 10.0. The second kappa shape index (κ2) is 4.88. The number of hydrogen-bond donors (Lipinski definition) is 2. The van der Waals surface area contributed by atoms with Gasteiger partial charge in [-0.3, -0.25) is 0 Å². The molecule has 1 aromatic carbocycles.